The summed E-state index contributed by atoms with van der Waals surface area (Å²) in [6.07, 6.45) is 0. The summed E-state index contributed by atoms with van der Waals surface area (Å²) in [5, 5.41) is 8.92. The average molecular weight is 120 g/mol. The highest BCUT2D eigenvalue weighted by atomic mass is 16.5. The van der Waals surface area contributed by atoms with Gasteiger partial charge in [0.25, 0.3) is 0 Å². The van der Waals surface area contributed by atoms with Crippen LogP contribution >= 0.6 is 0 Å². The van der Waals surface area contributed by atoms with E-state index in [4.69, 9.17) is 5.11 Å². The summed E-state index contributed by atoms with van der Waals surface area (Å²) in [6, 6.07) is 7.25. The number of hydrogen-bond acceptors (Lipinski definition) is 1. The molecule has 1 rings (SSSR count). The van der Waals surface area contributed by atoms with Crippen molar-refractivity contribution in [1.29, 1.82) is 0 Å². The van der Waals surface area contributed by atoms with E-state index in [2.05, 4.69) is 0 Å². The lowest BCUT2D eigenvalue weighted by molar-refractivity contribution is 0.471. The molecule has 0 spiro atoms. The van der Waals surface area contributed by atoms with Crippen LogP contribution in [0.4, 0.5) is 0 Å². The number of benzene rings is 1. The number of rotatable bonds is 0. The molecule has 1 N–H and O–H groups in total. The Labute approximate surface area is 48.6 Å². The highest BCUT2D eigenvalue weighted by Gasteiger charge is 1.86. The normalized spacial score (nSPS) is 9.12. The number of phenolic OH excluding ortho intramolecular Hbond substituents is 1. The molecule has 0 amide bonds. The molecule has 0 radical (unpaired) electrons. The molecule has 0 saturated carbocycles. The molecule has 1 aromatic rings. The molecule has 0 saturated heterocycles. The van der Waals surface area contributed by atoms with Gasteiger partial charge in [0.05, 0.1) is 0 Å². The van der Waals surface area contributed by atoms with Gasteiger partial charge < -0.3 is 5.11 Å². The van der Waals surface area contributed by atoms with Gasteiger partial charge in [0, 0.05) is 0 Å². The van der Waals surface area contributed by atoms with E-state index >= 15 is 0 Å². The van der Waals surface area contributed by atoms with Crippen LogP contribution in [0.15, 0.2) is 24.3 Å². The van der Waals surface area contributed by atoms with Crippen LogP contribution < -0.4 is 0 Å². The van der Waals surface area contributed by atoms with Crippen LogP contribution in [-0.4, -0.2) is 5.11 Å². The number of hydrogen-bond donors (Lipinski definition) is 1. The molecule has 1 aromatic carbocycles. The minimum Gasteiger partial charge on any atom is -0.508 e. The second-order valence-corrected chi connectivity index (χ2v) is 1.79. The van der Waals surface area contributed by atoms with E-state index in [1.165, 1.54) is 0 Å². The summed E-state index contributed by atoms with van der Waals surface area (Å²) in [4.78, 5) is 0. The summed E-state index contributed by atoms with van der Waals surface area (Å²) in [5.41, 5.74) is 0.924. The number of para-hydroxylation sites is 1. The maximum atomic E-state index is 8.92. The summed E-state index contributed by atoms with van der Waals surface area (Å²) >= 11 is 0. The van der Waals surface area contributed by atoms with Gasteiger partial charge in [0.2, 0.25) is 0 Å². The van der Waals surface area contributed by atoms with Gasteiger partial charge in [-0.25, -0.2) is 0 Å². The van der Waals surface area contributed by atoms with Gasteiger partial charge in [-0.3, -0.25) is 0 Å². The highest BCUT2D eigenvalue weighted by Crippen LogP contribution is 2.12. The van der Waals surface area contributed by atoms with Crippen LogP contribution in [0.5, 0.6) is 5.75 Å². The lowest BCUT2D eigenvalue weighted by atomic mass is 11.5. The van der Waals surface area contributed by atoms with Crippen molar-refractivity contribution in [3.8, 4) is 5.75 Å². The van der Waals surface area contributed by atoms with Crippen molar-refractivity contribution < 1.29 is 5.11 Å². The van der Waals surface area contributed by atoms with Crippen LogP contribution in [0, 0.1) is 6.92 Å². The summed E-state index contributed by atoms with van der Waals surface area (Å²) in [6.45, 7) is 1.87. The first-order chi connectivity index (χ1) is 3.80. The first kappa shape index (κ1) is 5.16. The summed E-state index contributed by atoms with van der Waals surface area (Å²) < 4.78 is 0. The zero-order chi connectivity index (χ0) is 5.98. The Bertz CT molecular complexity index is 160. The monoisotopic (exact) mass is 120 g/mol. The first-order valence-corrected chi connectivity index (χ1v) is 2.55. The number of aromatic hydroxyl groups is 1. The van der Waals surface area contributed by atoms with E-state index in [0.29, 0.717) is 5.75 Å². The fraction of sp³-hybridized carbons (Fsp3) is 0.143. The molecule has 0 aliphatic rings. The minimum absolute atomic E-state index is 0.368. The van der Waals surface area contributed by atoms with Gasteiger partial charge >= 0.3 is 0 Å². The van der Waals surface area contributed by atoms with Crippen molar-refractivity contribution in [3.05, 3.63) is 29.8 Å². The van der Waals surface area contributed by atoms with E-state index in [0.717, 1.165) is 5.56 Å². The zero-order valence-electron chi connectivity index (χ0n) is 4.76. The van der Waals surface area contributed by atoms with Gasteiger partial charge in [-0.15, -0.1) is 0 Å². The Morgan fingerprint density at radius 1 is 1.25 bits per heavy atom. The molecular formula is C7H8O. The van der Waals surface area contributed by atoms with E-state index in [-0.39, 0.29) is 0 Å². The van der Waals surface area contributed by atoms with Gasteiger partial charge in [0.1, 0.15) is 5.75 Å². The van der Waals surface area contributed by atoms with Crippen molar-refractivity contribution in [2.24, 2.45) is 0 Å². The minimum atomic E-state index is 0.368. The van der Waals surface area contributed by atoms with Crippen LogP contribution in [0.25, 0.3) is 0 Å². The van der Waals surface area contributed by atoms with Crippen LogP contribution in [-0.2, 0) is 0 Å². The first-order valence-electron chi connectivity index (χ1n) is 2.55. The maximum absolute atomic E-state index is 8.92. The van der Waals surface area contributed by atoms with Gasteiger partial charge in [-0.2, -0.15) is 0 Å². The third-order valence-corrected chi connectivity index (χ3v) is 1.12. The second kappa shape index (κ2) is 1.86. The highest BCUT2D eigenvalue weighted by molar-refractivity contribution is 5.29. The van der Waals surface area contributed by atoms with Gasteiger partial charge in [0.15, 0.2) is 0 Å². The van der Waals surface area contributed by atoms with Crippen molar-refractivity contribution in [3.63, 3.8) is 0 Å². The third kappa shape index (κ3) is 0.808. The van der Waals surface area contributed by atoms with Gasteiger partial charge in [-0.05, 0) is 18.6 Å². The molecule has 0 atom stereocenters. The van der Waals surface area contributed by atoms with E-state index in [1.807, 2.05) is 25.1 Å². The number of phenols is 1. The number of aryl methyl sites for hydroxylation is 1. The Morgan fingerprint density at radius 2 is 1.88 bits per heavy atom. The zero-order valence-corrected chi connectivity index (χ0v) is 4.76. The van der Waals surface area contributed by atoms with E-state index < -0.39 is 0 Å². The summed E-state index contributed by atoms with van der Waals surface area (Å²) in [5.74, 6) is 0.368. The Kier molecular flexibility index (Phi) is 1.20. The van der Waals surface area contributed by atoms with Crippen molar-refractivity contribution >= 4 is 0 Å². The van der Waals surface area contributed by atoms with E-state index in [9.17, 15) is 0 Å². The van der Waals surface area contributed by atoms with Crippen LogP contribution in [0.3, 0.4) is 0 Å². The summed E-state index contributed by atoms with van der Waals surface area (Å²) in [7, 11) is 0. The molecule has 0 aromatic heterocycles. The Hall–Kier alpha value is -0.980. The van der Waals surface area contributed by atoms with Crippen molar-refractivity contribution in [2.45, 2.75) is 6.92 Å². The fourth-order valence-corrected chi connectivity index (χ4v) is 0.563. The smallest absolute Gasteiger partial charge is 0.118 e. The predicted molar refractivity (Wildman–Crippen MR) is 32.8 cm³/mol. The maximum Gasteiger partial charge on any atom is 0.118 e. The Balaban J connectivity index is 3.13. The molecule has 0 bridgehead atoms. The van der Waals surface area contributed by atoms with Crippen molar-refractivity contribution in [1.82, 2.24) is 0 Å². The molecule has 0 aliphatic heterocycles. The molecule has 0 aliphatic carbocycles. The van der Waals surface area contributed by atoms with E-state index in [1.54, 1.807) is 6.07 Å². The van der Waals surface area contributed by atoms with Crippen LogP contribution in [0.2, 0.25) is 0 Å². The largest absolute Gasteiger partial charge is 0.508 e. The molecule has 8 heavy (non-hydrogen) atoms. The Morgan fingerprint density at radius 3 is 2.25 bits per heavy atom. The fourth-order valence-electron chi connectivity index (χ4n) is 0.563. The standard InChI is InChI=1S/C7H8O/c1-6-4-2-3-5-7(6)8/h2-5,8H,1H3/i2+2,3+2,4+2,5+2,6+2,7+2. The SMILES string of the molecule is C[14c]1[14cH][14cH][14cH][14cH][14c]1O. The topological polar surface area (TPSA) is 20.2 Å². The molecular weight excluding hydrogens is 112 g/mol. The van der Waals surface area contributed by atoms with Crippen LogP contribution in [0.1, 0.15) is 5.56 Å². The second-order valence-electron chi connectivity index (χ2n) is 1.79. The molecule has 0 heterocycles. The lowest BCUT2D eigenvalue weighted by Gasteiger charge is -1.92. The molecule has 1 nitrogen and oxygen atoms in total. The lowest BCUT2D eigenvalue weighted by Crippen LogP contribution is -1.68. The molecule has 0 unspecified atom stereocenters. The predicted octanol–water partition coefficient (Wildman–Crippen LogP) is 1.70. The van der Waals surface area contributed by atoms with Gasteiger partial charge in [-0.1, -0.05) is 18.2 Å². The third-order valence-electron chi connectivity index (χ3n) is 1.12. The molecule has 0 fully saturated rings. The molecule has 42 valence electrons. The quantitative estimate of drug-likeness (QED) is 0.552. The van der Waals surface area contributed by atoms with Crippen molar-refractivity contribution in [2.75, 3.05) is 0 Å². The molecule has 1 heteroatoms. The average Bonchev–Trinajstić information content (AvgIpc) is 1.77.